The van der Waals surface area contributed by atoms with Crippen molar-refractivity contribution in [3.8, 4) is 6.07 Å². The largest absolute Gasteiger partial charge is 0.259 e. The average Bonchev–Trinajstić information content (AvgIpc) is 2.41. The number of nitrogens with zero attached hydrogens (tertiary/aromatic N) is 1. The van der Waals surface area contributed by atoms with Crippen LogP contribution in [0.2, 0.25) is 5.02 Å². The van der Waals surface area contributed by atoms with E-state index < -0.39 is 10.8 Å². The van der Waals surface area contributed by atoms with E-state index in [2.05, 4.69) is 6.07 Å². The zero-order chi connectivity index (χ0) is 13.7. The molecule has 0 saturated carbocycles. The van der Waals surface area contributed by atoms with E-state index in [0.29, 0.717) is 22.1 Å². The number of halogens is 1. The molecular weight excluding hydrogens is 278 g/mol. The highest BCUT2D eigenvalue weighted by atomic mass is 35.5. The molecule has 0 fully saturated rings. The summed E-state index contributed by atoms with van der Waals surface area (Å²) in [6.07, 6.45) is 0. The Morgan fingerprint density at radius 1 is 1.11 bits per heavy atom. The number of hydrogen-bond donors (Lipinski definition) is 0. The molecule has 2 nitrogen and oxygen atoms in total. The highest BCUT2D eigenvalue weighted by Crippen LogP contribution is 2.18. The Morgan fingerprint density at radius 3 is 2.63 bits per heavy atom. The maximum Gasteiger partial charge on any atom is 0.0991 e. The third kappa shape index (κ3) is 3.92. The van der Waals surface area contributed by atoms with Gasteiger partial charge in [0.15, 0.2) is 0 Å². The van der Waals surface area contributed by atoms with Crippen LogP contribution in [0.3, 0.4) is 0 Å². The second kappa shape index (κ2) is 6.51. The molecule has 96 valence electrons. The minimum Gasteiger partial charge on any atom is -0.259 e. The average molecular weight is 290 g/mol. The Labute approximate surface area is 120 Å². The molecule has 0 amide bonds. The summed E-state index contributed by atoms with van der Waals surface area (Å²) >= 11 is 6.04. The molecule has 0 aromatic heterocycles. The monoisotopic (exact) mass is 289 g/mol. The number of nitriles is 1. The Bertz CT molecular complexity index is 649. The molecule has 0 heterocycles. The van der Waals surface area contributed by atoms with Crippen LogP contribution in [-0.2, 0) is 22.3 Å². The molecule has 0 radical (unpaired) electrons. The van der Waals surface area contributed by atoms with Crippen molar-refractivity contribution < 1.29 is 4.21 Å². The van der Waals surface area contributed by atoms with Gasteiger partial charge in [0.1, 0.15) is 0 Å². The van der Waals surface area contributed by atoms with Crippen molar-refractivity contribution >= 4 is 22.4 Å². The number of hydrogen-bond acceptors (Lipinski definition) is 2. The van der Waals surface area contributed by atoms with Crippen molar-refractivity contribution in [1.82, 2.24) is 0 Å². The summed E-state index contributed by atoms with van der Waals surface area (Å²) in [4.78, 5) is 0. The first kappa shape index (κ1) is 13.8. The smallest absolute Gasteiger partial charge is 0.0991 e. The molecule has 0 unspecified atom stereocenters. The minimum absolute atomic E-state index is 0.427. The molecule has 0 aliphatic rings. The molecule has 0 N–H and O–H groups in total. The minimum atomic E-state index is -1.04. The van der Waals surface area contributed by atoms with Gasteiger partial charge in [0.25, 0.3) is 0 Å². The summed E-state index contributed by atoms with van der Waals surface area (Å²) < 4.78 is 12.1. The molecule has 4 heteroatoms. The van der Waals surface area contributed by atoms with Gasteiger partial charge in [-0.05, 0) is 29.3 Å². The molecule has 0 aliphatic heterocycles. The first-order valence-electron chi connectivity index (χ1n) is 5.76. The van der Waals surface area contributed by atoms with E-state index in [4.69, 9.17) is 16.9 Å². The molecule has 1 atom stereocenters. The van der Waals surface area contributed by atoms with E-state index in [1.165, 1.54) is 0 Å². The van der Waals surface area contributed by atoms with Crippen molar-refractivity contribution in [3.63, 3.8) is 0 Å². The summed E-state index contributed by atoms with van der Waals surface area (Å²) in [5, 5.41) is 9.46. The van der Waals surface area contributed by atoms with Crippen LogP contribution in [0, 0.1) is 11.3 Å². The predicted octanol–water partition coefficient (Wildman–Crippen LogP) is 3.66. The summed E-state index contributed by atoms with van der Waals surface area (Å²) in [6, 6.07) is 16.7. The van der Waals surface area contributed by atoms with Crippen LogP contribution in [0.1, 0.15) is 16.7 Å². The molecule has 0 aliphatic carbocycles. The third-order valence-electron chi connectivity index (χ3n) is 2.66. The summed E-state index contributed by atoms with van der Waals surface area (Å²) in [5.74, 6) is 0.858. The fourth-order valence-electron chi connectivity index (χ4n) is 1.76. The first-order chi connectivity index (χ1) is 9.19. The fourth-order valence-corrected chi connectivity index (χ4v) is 3.29. The SMILES string of the molecule is N#Cc1cccc(C[S@@](=O)Cc2ccccc2Cl)c1. The molecular formula is C15H12ClNOS. The Morgan fingerprint density at radius 2 is 1.89 bits per heavy atom. The van der Waals surface area contributed by atoms with Gasteiger partial charge in [-0.25, -0.2) is 0 Å². The molecule has 2 aromatic rings. The molecule has 2 rings (SSSR count). The summed E-state index contributed by atoms with van der Waals surface area (Å²) in [7, 11) is -1.04. The maximum absolute atomic E-state index is 12.1. The van der Waals surface area contributed by atoms with Gasteiger partial charge in [0, 0.05) is 21.6 Å². The number of rotatable bonds is 4. The van der Waals surface area contributed by atoms with Gasteiger partial charge in [-0.3, -0.25) is 4.21 Å². The van der Waals surface area contributed by atoms with Crippen molar-refractivity contribution in [2.24, 2.45) is 0 Å². The van der Waals surface area contributed by atoms with Gasteiger partial charge in [0.2, 0.25) is 0 Å². The van der Waals surface area contributed by atoms with Crippen LogP contribution >= 0.6 is 11.6 Å². The van der Waals surface area contributed by atoms with Gasteiger partial charge in [0.05, 0.1) is 17.4 Å². The third-order valence-corrected chi connectivity index (χ3v) is 4.32. The summed E-state index contributed by atoms with van der Waals surface area (Å²) in [6.45, 7) is 0. The van der Waals surface area contributed by atoms with Crippen molar-refractivity contribution in [1.29, 1.82) is 5.26 Å². The van der Waals surface area contributed by atoms with E-state index in [-0.39, 0.29) is 0 Å². The first-order valence-corrected chi connectivity index (χ1v) is 7.63. The second-order valence-electron chi connectivity index (χ2n) is 4.13. The normalized spacial score (nSPS) is 11.8. The van der Waals surface area contributed by atoms with Gasteiger partial charge >= 0.3 is 0 Å². The standard InChI is InChI=1S/C15H12ClNOS/c16-15-7-2-1-6-14(15)11-19(18)10-13-5-3-4-12(8-13)9-17/h1-8H,10-11H2/t19-/m1/s1. The lowest BCUT2D eigenvalue weighted by atomic mass is 10.2. The Hall–Kier alpha value is -1.63. The van der Waals surface area contributed by atoms with Gasteiger partial charge in [-0.2, -0.15) is 5.26 Å². The number of benzene rings is 2. The predicted molar refractivity (Wildman–Crippen MR) is 78.2 cm³/mol. The fraction of sp³-hybridized carbons (Fsp3) is 0.133. The topological polar surface area (TPSA) is 40.9 Å². The lowest BCUT2D eigenvalue weighted by Gasteiger charge is -2.05. The van der Waals surface area contributed by atoms with E-state index in [1.807, 2.05) is 24.3 Å². The van der Waals surface area contributed by atoms with Crippen LogP contribution in [0.4, 0.5) is 0 Å². The zero-order valence-corrected chi connectivity index (χ0v) is 11.7. The van der Waals surface area contributed by atoms with E-state index in [9.17, 15) is 4.21 Å². The molecule has 0 spiro atoms. The van der Waals surface area contributed by atoms with E-state index in [0.717, 1.165) is 11.1 Å². The Kier molecular flexibility index (Phi) is 4.73. The van der Waals surface area contributed by atoms with E-state index >= 15 is 0 Å². The van der Waals surface area contributed by atoms with E-state index in [1.54, 1.807) is 24.3 Å². The van der Waals surface area contributed by atoms with Crippen LogP contribution in [0.25, 0.3) is 0 Å². The molecule has 0 bridgehead atoms. The highest BCUT2D eigenvalue weighted by Gasteiger charge is 2.06. The van der Waals surface area contributed by atoms with Crippen LogP contribution < -0.4 is 0 Å². The van der Waals surface area contributed by atoms with Crippen molar-refractivity contribution in [3.05, 3.63) is 70.2 Å². The summed E-state index contributed by atoms with van der Waals surface area (Å²) in [5.41, 5.74) is 2.38. The molecule has 0 saturated heterocycles. The highest BCUT2D eigenvalue weighted by molar-refractivity contribution is 7.83. The maximum atomic E-state index is 12.1. The van der Waals surface area contributed by atoms with Crippen LogP contribution in [0.15, 0.2) is 48.5 Å². The quantitative estimate of drug-likeness (QED) is 0.862. The molecule has 2 aromatic carbocycles. The molecule has 19 heavy (non-hydrogen) atoms. The van der Waals surface area contributed by atoms with Crippen molar-refractivity contribution in [2.45, 2.75) is 11.5 Å². The lowest BCUT2D eigenvalue weighted by Crippen LogP contribution is -2.00. The van der Waals surface area contributed by atoms with Crippen LogP contribution in [0.5, 0.6) is 0 Å². The van der Waals surface area contributed by atoms with Gasteiger partial charge in [-0.15, -0.1) is 0 Å². The second-order valence-corrected chi connectivity index (χ2v) is 6.00. The van der Waals surface area contributed by atoms with Gasteiger partial charge in [-0.1, -0.05) is 41.9 Å². The Balaban J connectivity index is 2.06. The van der Waals surface area contributed by atoms with Gasteiger partial charge < -0.3 is 0 Å². The lowest BCUT2D eigenvalue weighted by molar-refractivity contribution is 0.682. The van der Waals surface area contributed by atoms with Crippen molar-refractivity contribution in [2.75, 3.05) is 0 Å². The zero-order valence-electron chi connectivity index (χ0n) is 10.2. The van der Waals surface area contributed by atoms with Crippen LogP contribution in [-0.4, -0.2) is 4.21 Å².